The number of aryl methyl sites for hydroxylation is 2. The van der Waals surface area contributed by atoms with E-state index in [9.17, 15) is 9.18 Å². The summed E-state index contributed by atoms with van der Waals surface area (Å²) in [5, 5.41) is 3.98. The molecule has 1 amide bonds. The second kappa shape index (κ2) is 10.2. The Morgan fingerprint density at radius 1 is 1.24 bits per heavy atom. The first-order valence-electron chi connectivity index (χ1n) is 11.9. The average Bonchev–Trinajstić information content (AvgIpc) is 3.39. The van der Waals surface area contributed by atoms with Crippen LogP contribution >= 0.6 is 11.3 Å². The Bertz CT molecular complexity index is 1180. The van der Waals surface area contributed by atoms with E-state index in [1.807, 2.05) is 39.0 Å². The predicted molar refractivity (Wildman–Crippen MR) is 137 cm³/mol. The Labute approximate surface area is 203 Å². The Balaban J connectivity index is 0.00000133. The maximum absolute atomic E-state index is 13.1. The fourth-order valence-corrected chi connectivity index (χ4v) is 5.70. The number of amides is 1. The number of pyridine rings is 2. The molecule has 1 fully saturated rings. The van der Waals surface area contributed by atoms with Crippen LogP contribution in [0.4, 0.5) is 15.9 Å². The van der Waals surface area contributed by atoms with E-state index >= 15 is 0 Å². The van der Waals surface area contributed by atoms with E-state index in [0.29, 0.717) is 23.7 Å². The van der Waals surface area contributed by atoms with Crippen molar-refractivity contribution in [2.75, 3.05) is 30.4 Å². The maximum Gasteiger partial charge on any atom is 0.263 e. The fourth-order valence-electron chi connectivity index (χ4n) is 4.65. The van der Waals surface area contributed by atoms with Crippen molar-refractivity contribution in [3.05, 3.63) is 46.1 Å². The van der Waals surface area contributed by atoms with Gasteiger partial charge in [0.15, 0.2) is 0 Å². The minimum atomic E-state index is -0.399. The number of alkyl halides is 1. The zero-order chi connectivity index (χ0) is 24.4. The van der Waals surface area contributed by atoms with Crippen LogP contribution in [0.15, 0.2) is 24.3 Å². The molecule has 7 nitrogen and oxygen atoms in total. The molecule has 0 bridgehead atoms. The molecule has 34 heavy (non-hydrogen) atoms. The normalized spacial score (nSPS) is 21.7. The van der Waals surface area contributed by atoms with Gasteiger partial charge in [-0.15, -0.1) is 11.3 Å². The molecule has 3 aromatic heterocycles. The van der Waals surface area contributed by atoms with Gasteiger partial charge in [-0.05, 0) is 49.9 Å². The summed E-state index contributed by atoms with van der Waals surface area (Å²) in [7, 11) is 0. The molecule has 5 rings (SSSR count). The second-order valence-electron chi connectivity index (χ2n) is 8.82. The smallest absolute Gasteiger partial charge is 0.263 e. The van der Waals surface area contributed by atoms with E-state index in [0.717, 1.165) is 52.2 Å². The van der Waals surface area contributed by atoms with Crippen LogP contribution < -0.4 is 21.7 Å². The second-order valence-corrected chi connectivity index (χ2v) is 9.82. The molecule has 0 aromatic carbocycles. The molecule has 0 spiro atoms. The number of aromatic nitrogens is 2. The maximum atomic E-state index is 13.1. The molecule has 182 valence electrons. The first-order chi connectivity index (χ1) is 16.4. The number of rotatable bonds is 4. The van der Waals surface area contributed by atoms with Gasteiger partial charge in [-0.3, -0.25) is 9.18 Å². The van der Waals surface area contributed by atoms with Crippen LogP contribution in [-0.2, 0) is 12.8 Å². The van der Waals surface area contributed by atoms with E-state index in [4.69, 9.17) is 16.5 Å². The Hall–Kier alpha value is -2.78. The van der Waals surface area contributed by atoms with Crippen molar-refractivity contribution in [3.63, 3.8) is 0 Å². The van der Waals surface area contributed by atoms with Crippen molar-refractivity contribution in [2.24, 2.45) is 11.7 Å². The van der Waals surface area contributed by atoms with Gasteiger partial charge in [0.05, 0.1) is 12.4 Å². The zero-order valence-electron chi connectivity index (χ0n) is 20.0. The highest BCUT2D eigenvalue weighted by molar-refractivity contribution is 7.21. The lowest BCUT2D eigenvalue weighted by Gasteiger charge is -2.26. The van der Waals surface area contributed by atoms with Crippen LogP contribution in [0.25, 0.3) is 10.2 Å². The third kappa shape index (κ3) is 4.72. The van der Waals surface area contributed by atoms with E-state index < -0.39 is 6.67 Å². The number of nitrogens with one attached hydrogen (secondary N) is 1. The van der Waals surface area contributed by atoms with Gasteiger partial charge < -0.3 is 21.7 Å². The van der Waals surface area contributed by atoms with Crippen molar-refractivity contribution in [1.82, 2.24) is 15.3 Å². The van der Waals surface area contributed by atoms with E-state index in [1.54, 1.807) is 0 Å². The number of nitrogen functional groups attached to an aromatic ring is 1. The van der Waals surface area contributed by atoms with Gasteiger partial charge >= 0.3 is 0 Å². The van der Waals surface area contributed by atoms with E-state index in [-0.39, 0.29) is 23.9 Å². The molecular formula is C25H33FN6OS. The Morgan fingerprint density at radius 2 is 2.03 bits per heavy atom. The van der Waals surface area contributed by atoms with Gasteiger partial charge in [-0.2, -0.15) is 0 Å². The summed E-state index contributed by atoms with van der Waals surface area (Å²) in [5.41, 5.74) is 15.9. The quantitative estimate of drug-likeness (QED) is 0.522. The summed E-state index contributed by atoms with van der Waals surface area (Å²) < 4.78 is 13.1. The average molecular weight is 485 g/mol. The molecule has 2 aliphatic rings. The van der Waals surface area contributed by atoms with Gasteiger partial charge in [-0.25, -0.2) is 9.97 Å². The van der Waals surface area contributed by atoms with Gasteiger partial charge in [0.25, 0.3) is 5.91 Å². The highest BCUT2D eigenvalue weighted by atomic mass is 32.1. The van der Waals surface area contributed by atoms with Crippen LogP contribution in [-0.4, -0.2) is 47.7 Å². The Morgan fingerprint density at radius 3 is 2.76 bits per heavy atom. The van der Waals surface area contributed by atoms with Crippen LogP contribution in [0.3, 0.4) is 0 Å². The third-order valence-electron chi connectivity index (χ3n) is 6.54. The topological polar surface area (TPSA) is 110 Å². The molecule has 0 saturated carbocycles. The first kappa shape index (κ1) is 24.3. The summed E-state index contributed by atoms with van der Waals surface area (Å²) in [6.07, 6.45) is 2.32. The molecule has 1 saturated heterocycles. The molecule has 1 aliphatic heterocycles. The minimum Gasteiger partial charge on any atom is -0.397 e. The lowest BCUT2D eigenvalue weighted by Crippen LogP contribution is -2.39. The van der Waals surface area contributed by atoms with Crippen LogP contribution in [0.5, 0.6) is 0 Å². The van der Waals surface area contributed by atoms with Gasteiger partial charge in [0.2, 0.25) is 0 Å². The highest BCUT2D eigenvalue weighted by Crippen LogP contribution is 2.33. The molecule has 5 N–H and O–H groups in total. The number of anilines is 2. The highest BCUT2D eigenvalue weighted by Gasteiger charge is 2.31. The number of carbonyl (C=O) groups excluding carboxylic acids is 1. The van der Waals surface area contributed by atoms with Crippen molar-refractivity contribution in [1.29, 1.82) is 0 Å². The monoisotopic (exact) mass is 484 g/mol. The lowest BCUT2D eigenvalue weighted by molar-refractivity contribution is 0.0938. The van der Waals surface area contributed by atoms with Crippen molar-refractivity contribution >= 4 is 39.0 Å². The summed E-state index contributed by atoms with van der Waals surface area (Å²) in [6, 6.07) is 7.75. The first-order valence-corrected chi connectivity index (χ1v) is 12.8. The molecule has 3 atom stereocenters. The molecule has 0 radical (unpaired) electrons. The fraction of sp³-hybridized carbons (Fsp3) is 0.480. The van der Waals surface area contributed by atoms with Crippen LogP contribution in [0.1, 0.15) is 46.9 Å². The largest absolute Gasteiger partial charge is 0.397 e. The number of fused-ring (bicyclic) bond motifs is 2. The van der Waals surface area contributed by atoms with E-state index in [1.165, 1.54) is 11.3 Å². The van der Waals surface area contributed by atoms with E-state index in [2.05, 4.69) is 21.3 Å². The summed E-state index contributed by atoms with van der Waals surface area (Å²) in [6.45, 7) is 6.76. The molecule has 4 heterocycles. The van der Waals surface area contributed by atoms with Gasteiger partial charge in [-0.1, -0.05) is 19.9 Å². The predicted octanol–water partition coefficient (Wildman–Crippen LogP) is 3.63. The van der Waals surface area contributed by atoms with Crippen molar-refractivity contribution in [3.8, 4) is 0 Å². The molecular weight excluding hydrogens is 451 g/mol. The molecule has 1 aliphatic carbocycles. The number of carbonyl (C=O) groups is 1. The van der Waals surface area contributed by atoms with Crippen molar-refractivity contribution in [2.45, 2.75) is 52.1 Å². The van der Waals surface area contributed by atoms with Crippen LogP contribution in [0.2, 0.25) is 0 Å². The number of halogens is 1. The summed E-state index contributed by atoms with van der Waals surface area (Å²) in [4.78, 5) is 25.6. The van der Waals surface area contributed by atoms with Gasteiger partial charge in [0, 0.05) is 47.9 Å². The summed E-state index contributed by atoms with van der Waals surface area (Å²) >= 11 is 1.34. The number of nitrogens with two attached hydrogens (primary N) is 2. The molecule has 3 aromatic rings. The standard InChI is InChI=1S/C23H27FN6OS.C2H6/c1-12-2-5-16-20(26)21(32-23(16)27-12)22(31)28-15-4-6-18-13(8-15)3-7-19(29-18)30-10-14(9-24)17(25)11-30;1-2/h2-3,5,7,14-15,17H,4,6,8-11,25-26H2,1H3,(H,28,31);1-2H3. The summed E-state index contributed by atoms with van der Waals surface area (Å²) in [5.74, 6) is 0.579. The molecule has 9 heteroatoms. The number of hydrogen-bond acceptors (Lipinski definition) is 7. The van der Waals surface area contributed by atoms with Crippen molar-refractivity contribution < 1.29 is 9.18 Å². The van der Waals surface area contributed by atoms with Gasteiger partial charge in [0.1, 0.15) is 15.5 Å². The lowest BCUT2D eigenvalue weighted by atomic mass is 9.91. The third-order valence-corrected chi connectivity index (χ3v) is 7.65. The number of nitrogens with zero attached hydrogens (tertiary/aromatic N) is 3. The minimum absolute atomic E-state index is 0.0260. The zero-order valence-corrected chi connectivity index (χ0v) is 20.8. The van der Waals surface area contributed by atoms with Crippen LogP contribution in [0, 0.1) is 12.8 Å². The number of thiophene rings is 1. The molecule has 3 unspecified atom stereocenters. The Kier molecular flexibility index (Phi) is 7.33. The SMILES string of the molecule is CC.Cc1ccc2c(N)c(C(=O)NC3CCc4nc(N5CC(N)C(CF)C5)ccc4C3)sc2n1. The number of hydrogen-bond donors (Lipinski definition) is 3.